The summed E-state index contributed by atoms with van der Waals surface area (Å²) in [6.45, 7) is 9.31. The Morgan fingerprint density at radius 3 is 2.75 bits per heavy atom. The normalized spacial score (nSPS) is 17.1. The van der Waals surface area contributed by atoms with Crippen molar-refractivity contribution in [2.24, 2.45) is 0 Å². The number of fused-ring (bicyclic) bond motifs is 5. The van der Waals surface area contributed by atoms with Gasteiger partial charge >= 0.3 is 0 Å². The van der Waals surface area contributed by atoms with E-state index in [0.717, 1.165) is 32.6 Å². The lowest BCUT2D eigenvalue weighted by Crippen LogP contribution is -2.31. The molecular weight excluding hydrogens is 360 g/mol. The largest absolute Gasteiger partial charge is 0.370 e. The van der Waals surface area contributed by atoms with Gasteiger partial charge < -0.3 is 4.74 Å². The summed E-state index contributed by atoms with van der Waals surface area (Å²) in [5, 5.41) is 12.4. The van der Waals surface area contributed by atoms with Crippen LogP contribution in [0.25, 0.3) is 15.9 Å². The molecule has 0 N–H and O–H groups in total. The third-order valence-corrected chi connectivity index (χ3v) is 6.72. The topological polar surface area (TPSA) is 52.3 Å². The molecule has 0 spiro atoms. The molecule has 0 saturated heterocycles. The molecule has 0 fully saturated rings. The number of rotatable bonds is 3. The quantitative estimate of drug-likeness (QED) is 0.495. The number of aromatic nitrogens is 4. The van der Waals surface area contributed by atoms with Gasteiger partial charge in [-0.3, -0.25) is 0 Å². The average molecular weight is 381 g/mol. The fourth-order valence-electron chi connectivity index (χ4n) is 3.01. The zero-order chi connectivity index (χ0) is 17.1. The van der Waals surface area contributed by atoms with Gasteiger partial charge in [0.15, 0.2) is 16.0 Å². The Bertz CT molecular complexity index is 929. The number of hydrogen-bond acceptors (Lipinski definition) is 7. The second kappa shape index (κ2) is 5.86. The molecule has 1 aliphatic rings. The monoisotopic (exact) mass is 380 g/mol. The van der Waals surface area contributed by atoms with Crippen LogP contribution in [0.15, 0.2) is 10.3 Å². The van der Waals surface area contributed by atoms with Crippen LogP contribution in [0, 0.1) is 0 Å². The van der Waals surface area contributed by atoms with Gasteiger partial charge in [-0.25, -0.2) is 9.38 Å². The summed E-state index contributed by atoms with van der Waals surface area (Å²) >= 11 is 5.10. The van der Waals surface area contributed by atoms with Gasteiger partial charge in [0.25, 0.3) is 0 Å². The van der Waals surface area contributed by atoms with Gasteiger partial charge in [0, 0.05) is 16.5 Å². The SMILES string of the molecule is CSc1nnc2c3c4c(sc3nc(SC(C)C)n12)COC(C)(C)C4. The van der Waals surface area contributed by atoms with Gasteiger partial charge in [-0.1, -0.05) is 37.4 Å². The first kappa shape index (κ1) is 16.6. The van der Waals surface area contributed by atoms with Gasteiger partial charge in [-0.05, 0) is 25.7 Å². The molecule has 8 heteroatoms. The Balaban J connectivity index is 2.04. The van der Waals surface area contributed by atoms with Gasteiger partial charge in [0.05, 0.1) is 17.6 Å². The first-order valence-electron chi connectivity index (χ1n) is 7.93. The van der Waals surface area contributed by atoms with Crippen LogP contribution in [-0.4, -0.2) is 36.7 Å². The molecule has 3 aromatic rings. The van der Waals surface area contributed by atoms with Crippen molar-refractivity contribution in [1.29, 1.82) is 0 Å². The second-order valence-corrected chi connectivity index (χ2v) is 10.2. The summed E-state index contributed by atoms with van der Waals surface area (Å²) < 4.78 is 8.10. The highest BCUT2D eigenvalue weighted by Gasteiger charge is 2.31. The third-order valence-electron chi connectivity index (χ3n) is 4.04. The molecule has 5 nitrogen and oxygen atoms in total. The molecule has 4 heterocycles. The molecule has 0 unspecified atom stereocenters. The van der Waals surface area contributed by atoms with E-state index in [0.29, 0.717) is 11.9 Å². The lowest BCUT2D eigenvalue weighted by Gasteiger charge is -2.30. The van der Waals surface area contributed by atoms with Gasteiger partial charge in [-0.15, -0.1) is 21.5 Å². The van der Waals surface area contributed by atoms with E-state index in [4.69, 9.17) is 9.72 Å². The van der Waals surface area contributed by atoms with Crippen molar-refractivity contribution >= 4 is 50.7 Å². The number of nitrogens with zero attached hydrogens (tertiary/aromatic N) is 4. The van der Waals surface area contributed by atoms with E-state index in [1.165, 1.54) is 10.4 Å². The number of thioether (sulfide) groups is 2. The summed E-state index contributed by atoms with van der Waals surface area (Å²) in [6.07, 6.45) is 2.92. The fourth-order valence-corrected chi connectivity index (χ4v) is 5.55. The van der Waals surface area contributed by atoms with Crippen LogP contribution in [-0.2, 0) is 17.8 Å². The Kier molecular flexibility index (Phi) is 4.06. The van der Waals surface area contributed by atoms with Crippen LogP contribution < -0.4 is 0 Å². The predicted octanol–water partition coefficient (Wildman–Crippen LogP) is 4.41. The van der Waals surface area contributed by atoms with E-state index in [-0.39, 0.29) is 5.60 Å². The fraction of sp³-hybridized carbons (Fsp3) is 0.562. The first-order chi connectivity index (χ1) is 11.4. The van der Waals surface area contributed by atoms with E-state index in [2.05, 4.69) is 42.3 Å². The minimum atomic E-state index is -0.147. The smallest absolute Gasteiger partial charge is 0.197 e. The van der Waals surface area contributed by atoms with Crippen LogP contribution >= 0.6 is 34.9 Å². The van der Waals surface area contributed by atoms with Crippen molar-refractivity contribution in [3.05, 3.63) is 10.4 Å². The summed E-state index contributed by atoms with van der Waals surface area (Å²) in [5.41, 5.74) is 2.12. The molecule has 0 atom stereocenters. The summed E-state index contributed by atoms with van der Waals surface area (Å²) in [5.74, 6) is 0. The molecule has 0 radical (unpaired) electrons. The van der Waals surface area contributed by atoms with Crippen molar-refractivity contribution < 1.29 is 4.74 Å². The van der Waals surface area contributed by atoms with Crippen molar-refractivity contribution in [3.63, 3.8) is 0 Å². The van der Waals surface area contributed by atoms with E-state index in [1.807, 2.05) is 6.26 Å². The summed E-state index contributed by atoms with van der Waals surface area (Å²) in [7, 11) is 0. The Labute approximate surface area is 153 Å². The summed E-state index contributed by atoms with van der Waals surface area (Å²) in [4.78, 5) is 7.30. The highest BCUT2D eigenvalue weighted by Crippen LogP contribution is 2.41. The Hall–Kier alpha value is -0.830. The Morgan fingerprint density at radius 2 is 2.04 bits per heavy atom. The first-order valence-corrected chi connectivity index (χ1v) is 10.9. The maximum absolute atomic E-state index is 5.99. The molecule has 128 valence electrons. The molecule has 4 rings (SSSR count). The molecule has 0 amide bonds. The minimum absolute atomic E-state index is 0.147. The number of ether oxygens (including phenoxy) is 1. The number of hydrogen-bond donors (Lipinski definition) is 0. The van der Waals surface area contributed by atoms with Gasteiger partial charge in [-0.2, -0.15) is 0 Å². The van der Waals surface area contributed by atoms with Crippen LogP contribution in [0.2, 0.25) is 0 Å². The standard InChI is InChI=1S/C16H20N4OS3/c1-8(2)23-14-17-13-11(12-18-19-15(22-5)20(12)14)9-6-16(3,4)21-7-10(9)24-13/h8H,6-7H2,1-5H3. The van der Waals surface area contributed by atoms with E-state index < -0.39 is 0 Å². The lowest BCUT2D eigenvalue weighted by atomic mass is 9.94. The maximum atomic E-state index is 5.99. The second-order valence-electron chi connectivity index (χ2n) is 6.82. The highest BCUT2D eigenvalue weighted by molar-refractivity contribution is 8.00. The molecule has 0 aliphatic carbocycles. The van der Waals surface area contributed by atoms with E-state index >= 15 is 0 Å². The zero-order valence-corrected chi connectivity index (χ0v) is 16.9. The van der Waals surface area contributed by atoms with Crippen LogP contribution in [0.1, 0.15) is 38.1 Å². The van der Waals surface area contributed by atoms with Crippen molar-refractivity contribution in [2.45, 2.75) is 61.9 Å². The Morgan fingerprint density at radius 1 is 1.25 bits per heavy atom. The molecular formula is C16H20N4OS3. The maximum Gasteiger partial charge on any atom is 0.197 e. The lowest BCUT2D eigenvalue weighted by molar-refractivity contribution is -0.0379. The molecule has 0 aromatic carbocycles. The van der Waals surface area contributed by atoms with E-state index in [1.54, 1.807) is 34.9 Å². The summed E-state index contributed by atoms with van der Waals surface area (Å²) in [6, 6.07) is 0. The third kappa shape index (κ3) is 2.64. The molecule has 1 aliphatic heterocycles. The van der Waals surface area contributed by atoms with Crippen molar-refractivity contribution in [1.82, 2.24) is 19.6 Å². The van der Waals surface area contributed by atoms with E-state index in [9.17, 15) is 0 Å². The van der Waals surface area contributed by atoms with Gasteiger partial charge in [0.1, 0.15) is 4.83 Å². The minimum Gasteiger partial charge on any atom is -0.370 e. The molecule has 0 saturated carbocycles. The molecule has 24 heavy (non-hydrogen) atoms. The van der Waals surface area contributed by atoms with Crippen molar-refractivity contribution in [2.75, 3.05) is 6.26 Å². The van der Waals surface area contributed by atoms with Crippen LogP contribution in [0.5, 0.6) is 0 Å². The zero-order valence-electron chi connectivity index (χ0n) is 14.4. The number of thiophene rings is 1. The van der Waals surface area contributed by atoms with Crippen LogP contribution in [0.4, 0.5) is 0 Å². The van der Waals surface area contributed by atoms with Crippen molar-refractivity contribution in [3.8, 4) is 0 Å². The molecule has 3 aromatic heterocycles. The highest BCUT2D eigenvalue weighted by atomic mass is 32.2. The molecule has 0 bridgehead atoms. The van der Waals surface area contributed by atoms with Crippen LogP contribution in [0.3, 0.4) is 0 Å². The predicted molar refractivity (Wildman–Crippen MR) is 102 cm³/mol. The van der Waals surface area contributed by atoms with Gasteiger partial charge in [0.2, 0.25) is 0 Å². The average Bonchev–Trinajstić information content (AvgIpc) is 3.06.